The molecular weight excluding hydrogens is 348 g/mol. The molecule has 3 heterocycles. The predicted molar refractivity (Wildman–Crippen MR) is 98.8 cm³/mol. The van der Waals surface area contributed by atoms with Gasteiger partial charge in [-0.1, -0.05) is 0 Å². The van der Waals surface area contributed by atoms with Crippen LogP contribution in [0.2, 0.25) is 0 Å². The van der Waals surface area contributed by atoms with Crippen molar-refractivity contribution in [2.45, 2.75) is 45.4 Å². The average molecular weight is 370 g/mol. The van der Waals surface area contributed by atoms with Crippen molar-refractivity contribution < 1.29 is 14.3 Å². The number of carbonyl (C=O) groups excluding carboxylic acids is 2. The van der Waals surface area contributed by atoms with Crippen LogP contribution < -0.4 is 20.3 Å². The van der Waals surface area contributed by atoms with Gasteiger partial charge in [-0.2, -0.15) is 0 Å². The van der Waals surface area contributed by atoms with Gasteiger partial charge in [0.2, 0.25) is 0 Å². The zero-order valence-corrected chi connectivity index (χ0v) is 15.4. The van der Waals surface area contributed by atoms with Crippen LogP contribution in [0, 0.1) is 0 Å². The minimum absolute atomic E-state index is 0.124. The molecule has 3 amide bonds. The predicted octanol–water partition coefficient (Wildman–Crippen LogP) is 1.68. The zero-order valence-electron chi connectivity index (χ0n) is 15.4. The van der Waals surface area contributed by atoms with E-state index in [9.17, 15) is 9.59 Å². The van der Waals surface area contributed by atoms with Crippen LogP contribution in [0.3, 0.4) is 0 Å². The summed E-state index contributed by atoms with van der Waals surface area (Å²) < 4.78 is 7.66. The van der Waals surface area contributed by atoms with Gasteiger partial charge in [-0.15, -0.1) is 10.2 Å². The van der Waals surface area contributed by atoms with Gasteiger partial charge in [-0.25, -0.2) is 4.79 Å². The van der Waals surface area contributed by atoms with Crippen molar-refractivity contribution in [2.24, 2.45) is 0 Å². The van der Waals surface area contributed by atoms with Crippen molar-refractivity contribution in [3.8, 4) is 5.75 Å². The first kappa shape index (κ1) is 17.3. The fraction of sp³-hybridized carbons (Fsp3) is 0.444. The fourth-order valence-corrected chi connectivity index (χ4v) is 3.42. The monoisotopic (exact) mass is 370 g/mol. The van der Waals surface area contributed by atoms with Crippen molar-refractivity contribution in [1.82, 2.24) is 20.1 Å². The van der Waals surface area contributed by atoms with Gasteiger partial charge >= 0.3 is 6.03 Å². The largest absolute Gasteiger partial charge is 0.479 e. The molecule has 9 heteroatoms. The number of likely N-dealkylation sites (N-methyl/N-ethyl adjacent to an activating group) is 1. The van der Waals surface area contributed by atoms with E-state index in [1.165, 1.54) is 4.90 Å². The Kier molecular flexibility index (Phi) is 4.43. The highest BCUT2D eigenvalue weighted by Gasteiger charge is 2.29. The second kappa shape index (κ2) is 6.90. The maximum absolute atomic E-state index is 12.3. The highest BCUT2D eigenvalue weighted by molar-refractivity contribution is 6.00. The highest BCUT2D eigenvalue weighted by Crippen LogP contribution is 2.35. The molecule has 2 N–H and O–H groups in total. The Hall–Kier alpha value is -3.10. The van der Waals surface area contributed by atoms with Crippen LogP contribution in [0.1, 0.15) is 31.4 Å². The summed E-state index contributed by atoms with van der Waals surface area (Å²) in [5.74, 6) is 2.24. The van der Waals surface area contributed by atoms with Gasteiger partial charge in [-0.3, -0.25) is 4.79 Å². The second-order valence-electron chi connectivity index (χ2n) is 6.79. The van der Waals surface area contributed by atoms with Gasteiger partial charge in [0.05, 0.1) is 12.2 Å². The average Bonchev–Trinajstić information content (AvgIpc) is 3.08. The van der Waals surface area contributed by atoms with Crippen molar-refractivity contribution in [3.05, 3.63) is 29.8 Å². The number of rotatable bonds is 3. The molecule has 2 aliphatic rings. The van der Waals surface area contributed by atoms with E-state index in [1.807, 2.05) is 0 Å². The number of anilines is 2. The number of urea groups is 1. The number of hydrogen-bond donors (Lipinski definition) is 2. The van der Waals surface area contributed by atoms with Crippen LogP contribution >= 0.6 is 0 Å². The SMILES string of the molecule is C[C@@H]1Oc2ccc(NC(=O)NCc3nnc4n3CCCC4)cc2N(C)C1=O. The maximum Gasteiger partial charge on any atom is 0.319 e. The Bertz CT molecular complexity index is 893. The molecule has 0 spiro atoms. The van der Waals surface area contributed by atoms with Crippen LogP contribution in [0.15, 0.2) is 18.2 Å². The lowest BCUT2D eigenvalue weighted by atomic mass is 10.2. The summed E-state index contributed by atoms with van der Waals surface area (Å²) in [4.78, 5) is 25.8. The van der Waals surface area contributed by atoms with Gasteiger partial charge in [0.25, 0.3) is 5.91 Å². The number of amides is 3. The lowest BCUT2D eigenvalue weighted by Crippen LogP contribution is -2.42. The lowest BCUT2D eigenvalue weighted by molar-refractivity contribution is -0.125. The van der Waals surface area contributed by atoms with Gasteiger partial charge in [-0.05, 0) is 38.0 Å². The number of aryl methyl sites for hydroxylation is 1. The minimum Gasteiger partial charge on any atom is -0.479 e. The summed E-state index contributed by atoms with van der Waals surface area (Å²) >= 11 is 0. The number of hydrogen-bond acceptors (Lipinski definition) is 5. The summed E-state index contributed by atoms with van der Waals surface area (Å²) in [6.07, 6.45) is 2.65. The molecule has 0 saturated carbocycles. The van der Waals surface area contributed by atoms with E-state index >= 15 is 0 Å². The number of aromatic nitrogens is 3. The Balaban J connectivity index is 1.40. The summed E-state index contributed by atoms with van der Waals surface area (Å²) in [5.41, 5.74) is 1.20. The van der Waals surface area contributed by atoms with Gasteiger partial charge in [0.1, 0.15) is 11.6 Å². The molecule has 0 fully saturated rings. The van der Waals surface area contributed by atoms with Crippen LogP contribution in [0.25, 0.3) is 0 Å². The first-order valence-corrected chi connectivity index (χ1v) is 9.07. The molecule has 0 saturated heterocycles. The summed E-state index contributed by atoms with van der Waals surface area (Å²) in [6.45, 7) is 2.91. The van der Waals surface area contributed by atoms with E-state index in [4.69, 9.17) is 4.74 Å². The van der Waals surface area contributed by atoms with Crippen molar-refractivity contribution in [1.29, 1.82) is 0 Å². The quantitative estimate of drug-likeness (QED) is 0.856. The van der Waals surface area contributed by atoms with Gasteiger partial charge in [0.15, 0.2) is 11.9 Å². The third-order valence-corrected chi connectivity index (χ3v) is 4.90. The molecule has 1 aromatic carbocycles. The molecule has 9 nitrogen and oxygen atoms in total. The summed E-state index contributed by atoms with van der Waals surface area (Å²) in [7, 11) is 1.69. The number of benzene rings is 1. The van der Waals surface area contributed by atoms with Crippen molar-refractivity contribution in [3.63, 3.8) is 0 Å². The van der Waals surface area contributed by atoms with E-state index in [1.54, 1.807) is 32.2 Å². The molecule has 27 heavy (non-hydrogen) atoms. The van der Waals surface area contributed by atoms with Crippen molar-refractivity contribution >= 4 is 23.3 Å². The lowest BCUT2D eigenvalue weighted by Gasteiger charge is -2.30. The summed E-state index contributed by atoms with van der Waals surface area (Å²) in [5, 5.41) is 13.9. The van der Waals surface area contributed by atoms with E-state index in [2.05, 4.69) is 25.4 Å². The van der Waals surface area contributed by atoms with E-state index in [-0.39, 0.29) is 11.9 Å². The molecule has 2 aromatic rings. The molecule has 142 valence electrons. The highest BCUT2D eigenvalue weighted by atomic mass is 16.5. The Morgan fingerprint density at radius 1 is 1.33 bits per heavy atom. The van der Waals surface area contributed by atoms with Crippen molar-refractivity contribution in [2.75, 3.05) is 17.3 Å². The summed E-state index contributed by atoms with van der Waals surface area (Å²) in [6, 6.07) is 4.87. The van der Waals surface area contributed by atoms with Gasteiger partial charge < -0.3 is 24.8 Å². The zero-order chi connectivity index (χ0) is 19.0. The molecule has 0 bridgehead atoms. The molecule has 0 unspecified atom stereocenters. The number of nitrogens with zero attached hydrogens (tertiary/aromatic N) is 4. The normalized spacial score (nSPS) is 18.4. The van der Waals surface area contributed by atoms with Crippen LogP contribution in [-0.4, -0.2) is 39.9 Å². The molecular formula is C18H22N6O3. The molecule has 2 aliphatic heterocycles. The molecule has 0 aliphatic carbocycles. The Morgan fingerprint density at radius 3 is 3.04 bits per heavy atom. The third-order valence-electron chi connectivity index (χ3n) is 4.90. The van der Waals surface area contributed by atoms with E-state index in [0.717, 1.165) is 37.5 Å². The molecule has 1 atom stereocenters. The first-order chi connectivity index (χ1) is 13.0. The second-order valence-corrected chi connectivity index (χ2v) is 6.79. The van der Waals surface area contributed by atoms with E-state index < -0.39 is 6.10 Å². The smallest absolute Gasteiger partial charge is 0.319 e. The number of fused-ring (bicyclic) bond motifs is 2. The van der Waals surface area contributed by atoms with Crippen LogP contribution in [0.5, 0.6) is 5.75 Å². The Labute approximate surface area is 156 Å². The first-order valence-electron chi connectivity index (χ1n) is 9.07. The topological polar surface area (TPSA) is 101 Å². The molecule has 1 aromatic heterocycles. The number of carbonyl (C=O) groups is 2. The maximum atomic E-state index is 12.3. The standard InChI is InChI=1S/C18H22N6O3/c1-11-17(25)23(2)13-9-12(6-7-14(13)27-11)20-18(26)19-10-16-22-21-15-5-3-4-8-24(15)16/h6-7,9,11H,3-5,8,10H2,1-2H3,(H2,19,20,26)/t11-/m0/s1. The van der Waals surface area contributed by atoms with Crippen LogP contribution in [0.4, 0.5) is 16.2 Å². The van der Waals surface area contributed by atoms with Crippen LogP contribution in [-0.2, 0) is 24.3 Å². The number of ether oxygens (including phenoxy) is 1. The minimum atomic E-state index is -0.515. The third kappa shape index (κ3) is 3.32. The van der Waals surface area contributed by atoms with E-state index in [0.29, 0.717) is 23.7 Å². The fourth-order valence-electron chi connectivity index (χ4n) is 3.42. The molecule has 0 radical (unpaired) electrons. The van der Waals surface area contributed by atoms with Gasteiger partial charge in [0, 0.05) is 25.7 Å². The molecule has 4 rings (SSSR count). The Morgan fingerprint density at radius 2 is 2.19 bits per heavy atom. The number of nitrogens with one attached hydrogen (secondary N) is 2.